The molecule has 2 aromatic rings. The van der Waals surface area contributed by atoms with Crippen LogP contribution in [0, 0.1) is 6.92 Å². The van der Waals surface area contributed by atoms with Crippen LogP contribution in [0.4, 0.5) is 5.69 Å². The van der Waals surface area contributed by atoms with Gasteiger partial charge < -0.3 is 9.73 Å². The van der Waals surface area contributed by atoms with Gasteiger partial charge in [-0.25, -0.2) is 4.98 Å². The van der Waals surface area contributed by atoms with Gasteiger partial charge in [0.2, 0.25) is 5.76 Å². The summed E-state index contributed by atoms with van der Waals surface area (Å²) in [4.78, 5) is 15.7. The Kier molecular flexibility index (Phi) is 3.49. The number of carbonyl (C=O) groups is 1. The van der Waals surface area contributed by atoms with E-state index in [1.165, 1.54) is 6.39 Å². The lowest BCUT2D eigenvalue weighted by Crippen LogP contribution is -2.12. The molecule has 0 atom stereocenters. The summed E-state index contributed by atoms with van der Waals surface area (Å²) in [5.41, 5.74) is 1.18. The van der Waals surface area contributed by atoms with Gasteiger partial charge >= 0.3 is 0 Å². The number of aryl methyl sites for hydroxylation is 1. The van der Waals surface area contributed by atoms with Crippen molar-refractivity contribution >= 4 is 39.1 Å². The summed E-state index contributed by atoms with van der Waals surface area (Å²) in [5, 5.41) is 3.27. The van der Waals surface area contributed by atoms with E-state index >= 15 is 0 Å². The zero-order chi connectivity index (χ0) is 12.4. The van der Waals surface area contributed by atoms with Gasteiger partial charge in [0.15, 0.2) is 6.39 Å². The molecule has 1 heterocycles. The molecule has 2 rings (SSSR count). The molecule has 0 aliphatic carbocycles. The molecule has 0 radical (unpaired) electrons. The molecule has 88 valence electrons. The first-order chi connectivity index (χ1) is 8.08. The first-order valence-electron chi connectivity index (χ1n) is 4.74. The predicted molar refractivity (Wildman–Crippen MR) is 68.3 cm³/mol. The number of hydrogen-bond donors (Lipinski definition) is 1. The zero-order valence-electron chi connectivity index (χ0n) is 8.83. The third kappa shape index (κ3) is 2.68. The molecule has 1 aromatic heterocycles. The number of rotatable bonds is 2. The van der Waals surface area contributed by atoms with Crippen LogP contribution in [0.5, 0.6) is 0 Å². The first kappa shape index (κ1) is 12.1. The molecular formula is C11H8BrClN2O2. The highest BCUT2D eigenvalue weighted by atomic mass is 79.9. The van der Waals surface area contributed by atoms with E-state index in [9.17, 15) is 4.79 Å². The molecular weight excluding hydrogens is 307 g/mol. The normalized spacial score (nSPS) is 10.3. The molecule has 0 unspecified atom stereocenters. The number of halogens is 2. The van der Waals surface area contributed by atoms with E-state index in [0.29, 0.717) is 20.9 Å². The fraction of sp³-hybridized carbons (Fsp3) is 0.0909. The number of nitrogens with one attached hydrogen (secondary N) is 1. The molecule has 6 heteroatoms. The largest absolute Gasteiger partial charge is 0.438 e. The fourth-order valence-corrected chi connectivity index (χ4v) is 1.78. The molecule has 1 amide bonds. The van der Waals surface area contributed by atoms with Crippen molar-refractivity contribution in [2.45, 2.75) is 6.92 Å². The second-order valence-corrected chi connectivity index (χ2v) is 4.61. The van der Waals surface area contributed by atoms with Crippen LogP contribution in [0.3, 0.4) is 0 Å². The lowest BCUT2D eigenvalue weighted by molar-refractivity contribution is 0.0996. The van der Waals surface area contributed by atoms with Crippen LogP contribution in [0.2, 0.25) is 5.02 Å². The molecule has 0 fully saturated rings. The number of amides is 1. The Morgan fingerprint density at radius 2 is 2.29 bits per heavy atom. The van der Waals surface area contributed by atoms with Gasteiger partial charge in [-0.05, 0) is 41.1 Å². The zero-order valence-corrected chi connectivity index (χ0v) is 11.2. The van der Waals surface area contributed by atoms with E-state index in [-0.39, 0.29) is 11.7 Å². The molecule has 1 N–H and O–H groups in total. The highest BCUT2D eigenvalue weighted by Gasteiger charge is 2.14. The van der Waals surface area contributed by atoms with Gasteiger partial charge in [0.05, 0.1) is 10.7 Å². The maximum Gasteiger partial charge on any atom is 0.293 e. The van der Waals surface area contributed by atoms with Gasteiger partial charge in [-0.15, -0.1) is 0 Å². The Hall–Kier alpha value is -1.33. The second-order valence-electron chi connectivity index (χ2n) is 3.35. The standard InChI is InChI=1S/C11H8BrClN2O2/c1-6-10(17-5-14-6)11(16)15-7-2-3-9(13)8(12)4-7/h2-5H,1H3,(H,15,16). The van der Waals surface area contributed by atoms with Gasteiger partial charge in [0.1, 0.15) is 0 Å². The molecule has 0 saturated carbocycles. The maximum atomic E-state index is 11.8. The summed E-state index contributed by atoms with van der Waals surface area (Å²) >= 11 is 9.13. The average molecular weight is 316 g/mol. The number of benzene rings is 1. The van der Waals surface area contributed by atoms with E-state index in [4.69, 9.17) is 16.0 Å². The van der Waals surface area contributed by atoms with Crippen molar-refractivity contribution in [1.29, 1.82) is 0 Å². The van der Waals surface area contributed by atoms with Crippen molar-refractivity contribution in [3.63, 3.8) is 0 Å². The molecule has 0 aliphatic rings. The third-order valence-electron chi connectivity index (χ3n) is 2.13. The summed E-state index contributed by atoms with van der Waals surface area (Å²) in [7, 11) is 0. The number of oxazole rings is 1. The lowest BCUT2D eigenvalue weighted by atomic mass is 10.3. The minimum Gasteiger partial charge on any atom is -0.438 e. The highest BCUT2D eigenvalue weighted by Crippen LogP contribution is 2.25. The summed E-state index contributed by atoms with van der Waals surface area (Å²) in [6.07, 6.45) is 1.24. The summed E-state index contributed by atoms with van der Waals surface area (Å²) in [5.74, 6) is -0.134. The number of nitrogens with zero attached hydrogens (tertiary/aromatic N) is 1. The summed E-state index contributed by atoms with van der Waals surface area (Å²) < 4.78 is 5.71. The van der Waals surface area contributed by atoms with E-state index in [0.717, 1.165) is 0 Å². The van der Waals surface area contributed by atoms with Gasteiger partial charge in [0, 0.05) is 10.2 Å². The first-order valence-corrected chi connectivity index (χ1v) is 5.91. The molecule has 17 heavy (non-hydrogen) atoms. The van der Waals surface area contributed by atoms with Crippen molar-refractivity contribution in [1.82, 2.24) is 4.98 Å². The van der Waals surface area contributed by atoms with Crippen molar-refractivity contribution in [2.24, 2.45) is 0 Å². The van der Waals surface area contributed by atoms with Crippen LogP contribution < -0.4 is 5.32 Å². The van der Waals surface area contributed by atoms with E-state index in [1.54, 1.807) is 25.1 Å². The molecule has 0 aliphatic heterocycles. The number of carbonyl (C=O) groups excluding carboxylic acids is 1. The Morgan fingerprint density at radius 3 is 2.88 bits per heavy atom. The number of hydrogen-bond acceptors (Lipinski definition) is 3. The Balaban J connectivity index is 2.19. The van der Waals surface area contributed by atoms with Crippen LogP contribution in [0.15, 0.2) is 33.5 Å². The van der Waals surface area contributed by atoms with Gasteiger partial charge in [0.25, 0.3) is 5.91 Å². The molecule has 0 bridgehead atoms. The molecule has 4 nitrogen and oxygen atoms in total. The van der Waals surface area contributed by atoms with E-state index < -0.39 is 0 Å². The second kappa shape index (κ2) is 4.89. The van der Waals surface area contributed by atoms with Crippen molar-refractivity contribution in [3.05, 3.63) is 45.5 Å². The minimum absolute atomic E-state index is 0.205. The Bertz CT molecular complexity index is 568. The lowest BCUT2D eigenvalue weighted by Gasteiger charge is -2.04. The van der Waals surface area contributed by atoms with Crippen LogP contribution in [0.1, 0.15) is 16.2 Å². The number of anilines is 1. The predicted octanol–water partition coefficient (Wildman–Crippen LogP) is 3.65. The third-order valence-corrected chi connectivity index (χ3v) is 3.34. The molecule has 0 spiro atoms. The molecule has 0 saturated heterocycles. The van der Waals surface area contributed by atoms with Gasteiger partial charge in [-0.1, -0.05) is 11.6 Å². The van der Waals surface area contributed by atoms with Crippen molar-refractivity contribution < 1.29 is 9.21 Å². The maximum absolute atomic E-state index is 11.8. The van der Waals surface area contributed by atoms with Crippen LogP contribution >= 0.6 is 27.5 Å². The van der Waals surface area contributed by atoms with Crippen molar-refractivity contribution in [3.8, 4) is 0 Å². The molecule has 1 aromatic carbocycles. The Labute approximate surface area is 111 Å². The van der Waals surface area contributed by atoms with Gasteiger partial charge in [-0.3, -0.25) is 4.79 Å². The summed E-state index contributed by atoms with van der Waals surface area (Å²) in [6, 6.07) is 5.11. The topological polar surface area (TPSA) is 55.1 Å². The van der Waals surface area contributed by atoms with E-state index in [1.807, 2.05) is 0 Å². The number of aromatic nitrogens is 1. The average Bonchev–Trinajstić information content (AvgIpc) is 2.70. The van der Waals surface area contributed by atoms with Crippen LogP contribution in [-0.2, 0) is 0 Å². The highest BCUT2D eigenvalue weighted by molar-refractivity contribution is 9.10. The quantitative estimate of drug-likeness (QED) is 0.920. The minimum atomic E-state index is -0.339. The van der Waals surface area contributed by atoms with Crippen LogP contribution in [0.25, 0.3) is 0 Å². The Morgan fingerprint density at radius 1 is 1.53 bits per heavy atom. The van der Waals surface area contributed by atoms with Crippen molar-refractivity contribution in [2.75, 3.05) is 5.32 Å². The SMILES string of the molecule is Cc1ncoc1C(=O)Nc1ccc(Cl)c(Br)c1. The summed E-state index contributed by atoms with van der Waals surface area (Å²) in [6.45, 7) is 1.70. The van der Waals surface area contributed by atoms with E-state index in [2.05, 4.69) is 26.2 Å². The van der Waals surface area contributed by atoms with Crippen LogP contribution in [-0.4, -0.2) is 10.9 Å². The fourth-order valence-electron chi connectivity index (χ4n) is 1.28. The van der Waals surface area contributed by atoms with Gasteiger partial charge in [-0.2, -0.15) is 0 Å². The monoisotopic (exact) mass is 314 g/mol. The smallest absolute Gasteiger partial charge is 0.293 e.